The molecule has 0 spiro atoms. The summed E-state index contributed by atoms with van der Waals surface area (Å²) in [6.45, 7) is 0.687. The molecule has 2 aliphatic rings. The van der Waals surface area contributed by atoms with Crippen molar-refractivity contribution in [2.45, 2.75) is 37.6 Å². The lowest BCUT2D eigenvalue weighted by atomic mass is 9.97. The molecule has 0 bridgehead atoms. The van der Waals surface area contributed by atoms with Gasteiger partial charge >= 0.3 is 10.4 Å². The highest BCUT2D eigenvalue weighted by Gasteiger charge is 2.43. The van der Waals surface area contributed by atoms with Crippen LogP contribution in [-0.2, 0) is 33.6 Å². The van der Waals surface area contributed by atoms with E-state index in [1.165, 1.54) is 6.92 Å². The van der Waals surface area contributed by atoms with Crippen molar-refractivity contribution in [1.82, 2.24) is 5.32 Å². The quantitative estimate of drug-likeness (QED) is 0.311. The molecule has 0 saturated carbocycles. The van der Waals surface area contributed by atoms with Crippen molar-refractivity contribution >= 4 is 16.3 Å². The van der Waals surface area contributed by atoms with E-state index in [2.05, 4.69) is 19.0 Å². The Kier molecular flexibility index (Phi) is 6.39. The molecule has 13 heteroatoms. The summed E-state index contributed by atoms with van der Waals surface area (Å²) in [5, 5.41) is 42.7. The molecule has 12 nitrogen and oxygen atoms in total. The Morgan fingerprint density at radius 1 is 1.19 bits per heavy atom. The average Bonchev–Trinajstić information content (AvgIpc) is 2.38. The minimum Gasteiger partial charge on any atom is -0.394 e. The molecule has 21 heavy (non-hydrogen) atoms. The molecule has 2 aliphatic heterocycles. The second-order valence-corrected chi connectivity index (χ2v) is 5.16. The van der Waals surface area contributed by atoms with Gasteiger partial charge in [-0.15, -0.1) is 0 Å². The maximum atomic E-state index is 10.7. The molecule has 2 heterocycles. The highest BCUT2D eigenvalue weighted by molar-refractivity contribution is 7.82. The van der Waals surface area contributed by atoms with Gasteiger partial charge in [0.15, 0.2) is 6.29 Å². The molecule has 2 fully saturated rings. The number of aliphatic hydroxyl groups excluding tert-OH is 4. The van der Waals surface area contributed by atoms with Crippen LogP contribution in [0.4, 0.5) is 0 Å². The molecule has 5 N–H and O–H groups in total. The Morgan fingerprint density at radius 2 is 1.71 bits per heavy atom. The van der Waals surface area contributed by atoms with Gasteiger partial charge in [-0.3, -0.25) is 4.79 Å². The molecule has 0 aromatic rings. The lowest BCUT2D eigenvalue weighted by Gasteiger charge is -2.40. The lowest BCUT2D eigenvalue weighted by molar-refractivity contribution is -0.477. The number of carbonyl (C=O) groups is 1. The topological polar surface area (TPSA) is 181 Å². The van der Waals surface area contributed by atoms with Crippen LogP contribution in [0.3, 0.4) is 0 Å². The second-order valence-electron chi connectivity index (χ2n) is 4.07. The normalized spacial score (nSPS) is 37.7. The lowest BCUT2D eigenvalue weighted by Crippen LogP contribution is -2.63. The molecular formula is C8H15NO11S. The number of hydrogen-bond acceptors (Lipinski definition) is 11. The van der Waals surface area contributed by atoms with Crippen LogP contribution in [0, 0.1) is 0 Å². The van der Waals surface area contributed by atoms with Crippen molar-refractivity contribution in [1.29, 1.82) is 0 Å². The Labute approximate surface area is 119 Å². The van der Waals surface area contributed by atoms with E-state index in [-0.39, 0.29) is 0 Å². The highest BCUT2D eigenvalue weighted by Crippen LogP contribution is 2.19. The maximum Gasteiger partial charge on any atom is 0.457 e. The summed E-state index contributed by atoms with van der Waals surface area (Å²) in [5.74, 6) is -0.462. The summed E-state index contributed by atoms with van der Waals surface area (Å²) in [4.78, 5) is 10.7. The van der Waals surface area contributed by atoms with Gasteiger partial charge in [0.1, 0.15) is 24.4 Å². The summed E-state index contributed by atoms with van der Waals surface area (Å²) >= 11 is 0. The van der Waals surface area contributed by atoms with E-state index in [1.807, 2.05) is 0 Å². The third kappa shape index (κ3) is 5.10. The smallest absolute Gasteiger partial charge is 0.394 e. The fourth-order valence-electron chi connectivity index (χ4n) is 1.56. The molecular weight excluding hydrogens is 318 g/mol. The summed E-state index contributed by atoms with van der Waals surface area (Å²) in [7, 11) is -3.70. The van der Waals surface area contributed by atoms with Gasteiger partial charge in [-0.1, -0.05) is 0 Å². The molecule has 124 valence electrons. The standard InChI is InChI=1S/C8H15NO6.O5S/c1-3(11)9-5-7(13)6(12)4(2-10)15-8(5)14;1-6(2)4-3-5-6/h4-8,10,12-14H,2H2,1H3,(H,9,11);/t4-,5-,6-,7-,8?;/m1./s1. The monoisotopic (exact) mass is 333 g/mol. The zero-order valence-corrected chi connectivity index (χ0v) is 11.5. The summed E-state index contributed by atoms with van der Waals surface area (Å²) in [5.41, 5.74) is 0. The molecule has 2 rings (SSSR count). The van der Waals surface area contributed by atoms with E-state index in [4.69, 9.17) is 9.84 Å². The number of amides is 1. The fraction of sp³-hybridized carbons (Fsp3) is 0.875. The second kappa shape index (κ2) is 7.39. The van der Waals surface area contributed by atoms with Gasteiger partial charge in [0.05, 0.1) is 6.61 Å². The van der Waals surface area contributed by atoms with Gasteiger partial charge in [-0.2, -0.15) is 8.42 Å². The first-order valence-electron chi connectivity index (χ1n) is 5.55. The molecule has 2 saturated heterocycles. The van der Waals surface area contributed by atoms with Crippen LogP contribution >= 0.6 is 0 Å². The minimum absolute atomic E-state index is 0.462. The number of rotatable bonds is 2. The van der Waals surface area contributed by atoms with E-state index in [1.54, 1.807) is 0 Å². The van der Waals surface area contributed by atoms with E-state index in [9.17, 15) is 28.5 Å². The van der Waals surface area contributed by atoms with Crippen LogP contribution in [-0.4, -0.2) is 72.0 Å². The van der Waals surface area contributed by atoms with Gasteiger partial charge in [-0.25, -0.2) is 0 Å². The molecule has 0 aromatic carbocycles. The Bertz CT molecular complexity index is 443. The van der Waals surface area contributed by atoms with Gasteiger partial charge in [0.25, 0.3) is 0 Å². The van der Waals surface area contributed by atoms with Crippen LogP contribution in [0.1, 0.15) is 6.92 Å². The van der Waals surface area contributed by atoms with Gasteiger partial charge in [0.2, 0.25) is 5.91 Å². The van der Waals surface area contributed by atoms with Crippen molar-refractivity contribution in [3.63, 3.8) is 0 Å². The Morgan fingerprint density at radius 3 is 2.05 bits per heavy atom. The number of carbonyl (C=O) groups excluding carboxylic acids is 1. The van der Waals surface area contributed by atoms with Crippen LogP contribution in [0.2, 0.25) is 0 Å². The first kappa shape index (κ1) is 18.1. The number of aliphatic hydroxyl groups is 4. The van der Waals surface area contributed by atoms with E-state index < -0.39 is 53.6 Å². The van der Waals surface area contributed by atoms with Crippen LogP contribution in [0.5, 0.6) is 0 Å². The molecule has 1 amide bonds. The van der Waals surface area contributed by atoms with Crippen molar-refractivity contribution in [2.24, 2.45) is 0 Å². The first-order chi connectivity index (χ1) is 9.68. The minimum atomic E-state index is -3.70. The fourth-order valence-corrected chi connectivity index (χ4v) is 1.71. The summed E-state index contributed by atoms with van der Waals surface area (Å²) in [6.07, 6.45) is -5.24. The van der Waals surface area contributed by atoms with Crippen molar-refractivity contribution < 1.29 is 52.1 Å². The predicted octanol–water partition coefficient (Wildman–Crippen LogP) is -3.95. The zero-order valence-electron chi connectivity index (χ0n) is 10.6. The summed E-state index contributed by atoms with van der Waals surface area (Å²) < 4.78 is 30.6. The van der Waals surface area contributed by atoms with E-state index in [0.717, 1.165) is 0 Å². The number of ether oxygens (including phenoxy) is 1. The van der Waals surface area contributed by atoms with Crippen molar-refractivity contribution in [3.05, 3.63) is 0 Å². The average molecular weight is 333 g/mol. The highest BCUT2D eigenvalue weighted by atomic mass is 32.3. The SMILES string of the molecule is CC(=O)N[C@H]1C(O)O[C@H](CO)[C@@H](O)[C@@H]1O.O=S1(=O)OOO1. The van der Waals surface area contributed by atoms with Crippen molar-refractivity contribution in [2.75, 3.05) is 6.61 Å². The number of nitrogens with one attached hydrogen (secondary N) is 1. The molecule has 1 unspecified atom stereocenters. The third-order valence-electron chi connectivity index (χ3n) is 2.49. The van der Waals surface area contributed by atoms with Gasteiger partial charge in [0, 0.05) is 6.92 Å². The largest absolute Gasteiger partial charge is 0.457 e. The molecule has 0 aromatic heterocycles. The number of hydrogen-bond donors (Lipinski definition) is 5. The molecule has 5 atom stereocenters. The predicted molar refractivity (Wildman–Crippen MR) is 59.8 cm³/mol. The van der Waals surface area contributed by atoms with E-state index >= 15 is 0 Å². The van der Waals surface area contributed by atoms with Crippen molar-refractivity contribution in [3.8, 4) is 0 Å². The van der Waals surface area contributed by atoms with Crippen LogP contribution < -0.4 is 5.32 Å². The maximum absolute atomic E-state index is 10.7. The van der Waals surface area contributed by atoms with Gasteiger partial charge in [-0.05, 0) is 13.7 Å². The van der Waals surface area contributed by atoms with Crippen LogP contribution in [0.15, 0.2) is 0 Å². The van der Waals surface area contributed by atoms with Gasteiger partial charge < -0.3 is 30.5 Å². The molecule has 0 aliphatic carbocycles. The first-order valence-corrected chi connectivity index (χ1v) is 6.88. The molecule has 0 radical (unpaired) electrons. The zero-order chi connectivity index (χ0) is 16.2. The van der Waals surface area contributed by atoms with E-state index in [0.29, 0.717) is 0 Å². The summed E-state index contributed by atoms with van der Waals surface area (Å²) in [6, 6.07) is -1.10. The Hall–Kier alpha value is -0.900. The third-order valence-corrected chi connectivity index (χ3v) is 2.94. The van der Waals surface area contributed by atoms with Crippen LogP contribution in [0.25, 0.3) is 0 Å². The Balaban J connectivity index is 0.000000304.